The normalized spacial score (nSPS) is 14.4. The van der Waals surface area contributed by atoms with Gasteiger partial charge >= 0.3 is 0 Å². The van der Waals surface area contributed by atoms with Gasteiger partial charge in [0.25, 0.3) is 5.56 Å². The zero-order valence-electron chi connectivity index (χ0n) is 17.3. The first-order valence-corrected chi connectivity index (χ1v) is 11.4. The van der Waals surface area contributed by atoms with Crippen LogP contribution in [0.25, 0.3) is 10.9 Å². The van der Waals surface area contributed by atoms with Gasteiger partial charge in [-0.2, -0.15) is 0 Å². The number of carbonyl (C=O) groups is 1. The topological polar surface area (TPSA) is 55.2 Å². The molecule has 0 N–H and O–H groups in total. The first kappa shape index (κ1) is 20.9. The molecule has 3 aromatic rings. The number of benzene rings is 2. The van der Waals surface area contributed by atoms with Crippen molar-refractivity contribution < 1.29 is 4.79 Å². The van der Waals surface area contributed by atoms with Crippen molar-refractivity contribution in [1.29, 1.82) is 0 Å². The summed E-state index contributed by atoms with van der Waals surface area (Å²) in [4.78, 5) is 32.9. The lowest BCUT2D eigenvalue weighted by Crippen LogP contribution is -2.36. The second-order valence-corrected chi connectivity index (χ2v) is 9.74. The average Bonchev–Trinajstić information content (AvgIpc) is 3.14. The second kappa shape index (κ2) is 8.44. The number of nitrogens with zero attached hydrogens (tertiary/aromatic N) is 3. The van der Waals surface area contributed by atoms with Gasteiger partial charge in [-0.15, -0.1) is 0 Å². The highest BCUT2D eigenvalue weighted by molar-refractivity contribution is 8.00. The fraction of sp³-hybridized carbons (Fsp3) is 0.348. The van der Waals surface area contributed by atoms with Crippen LogP contribution in [0.3, 0.4) is 0 Å². The fourth-order valence-electron chi connectivity index (χ4n) is 3.78. The summed E-state index contributed by atoms with van der Waals surface area (Å²) in [7, 11) is 0. The minimum Gasteiger partial charge on any atom is -0.311 e. The number of para-hydroxylation sites is 1. The summed E-state index contributed by atoms with van der Waals surface area (Å²) in [5.41, 5.74) is 2.65. The first-order valence-electron chi connectivity index (χ1n) is 10.1. The number of amides is 1. The van der Waals surface area contributed by atoms with Crippen molar-refractivity contribution in [1.82, 2.24) is 9.55 Å². The average molecular weight is 442 g/mol. The van der Waals surface area contributed by atoms with Crippen LogP contribution in [-0.4, -0.2) is 27.3 Å². The third-order valence-corrected chi connectivity index (χ3v) is 6.52. The van der Waals surface area contributed by atoms with Crippen molar-refractivity contribution >= 4 is 45.9 Å². The summed E-state index contributed by atoms with van der Waals surface area (Å²) in [5, 5.41) is 1.21. The van der Waals surface area contributed by atoms with Crippen molar-refractivity contribution in [2.24, 2.45) is 5.92 Å². The molecular weight excluding hydrogens is 418 g/mol. The number of fused-ring (bicyclic) bond motifs is 2. The van der Waals surface area contributed by atoms with Crippen LogP contribution >= 0.6 is 23.4 Å². The number of thioether (sulfide) groups is 1. The molecule has 0 spiro atoms. The largest absolute Gasteiger partial charge is 0.311 e. The summed E-state index contributed by atoms with van der Waals surface area (Å²) in [6.45, 7) is 7.21. The van der Waals surface area contributed by atoms with E-state index in [0.29, 0.717) is 34.2 Å². The number of halogens is 1. The van der Waals surface area contributed by atoms with Crippen LogP contribution in [0.2, 0.25) is 5.02 Å². The maximum absolute atomic E-state index is 13.2. The Balaban J connectivity index is 1.68. The summed E-state index contributed by atoms with van der Waals surface area (Å²) in [6.07, 6.45) is 0.867. The summed E-state index contributed by atoms with van der Waals surface area (Å²) in [6, 6.07) is 13.2. The summed E-state index contributed by atoms with van der Waals surface area (Å²) < 4.78 is 1.68. The van der Waals surface area contributed by atoms with E-state index in [1.165, 1.54) is 17.3 Å². The lowest BCUT2D eigenvalue weighted by Gasteiger charge is -2.22. The SMILES string of the molecule is CC(C)Cn1c(S[C@@H](C)C(=O)N2CCc3ccccc32)nc2ccc(Cl)cc2c1=O. The molecule has 7 heteroatoms. The quantitative estimate of drug-likeness (QED) is 0.422. The molecule has 1 amide bonds. The molecule has 0 saturated carbocycles. The molecule has 1 atom stereocenters. The maximum atomic E-state index is 13.2. The van der Waals surface area contributed by atoms with Crippen LogP contribution in [0.4, 0.5) is 5.69 Å². The Kier molecular flexibility index (Phi) is 5.89. The third kappa shape index (κ3) is 3.98. The van der Waals surface area contributed by atoms with E-state index in [4.69, 9.17) is 16.6 Å². The van der Waals surface area contributed by atoms with Crippen molar-refractivity contribution in [2.75, 3.05) is 11.4 Å². The molecule has 1 aliphatic heterocycles. The molecule has 5 nitrogen and oxygen atoms in total. The summed E-state index contributed by atoms with van der Waals surface area (Å²) >= 11 is 7.44. The van der Waals surface area contributed by atoms with Crippen LogP contribution in [0.1, 0.15) is 26.3 Å². The minimum atomic E-state index is -0.369. The number of aromatic nitrogens is 2. The van der Waals surface area contributed by atoms with E-state index in [9.17, 15) is 9.59 Å². The van der Waals surface area contributed by atoms with E-state index < -0.39 is 0 Å². The van der Waals surface area contributed by atoms with E-state index >= 15 is 0 Å². The van der Waals surface area contributed by atoms with Gasteiger partial charge in [0.1, 0.15) is 0 Å². The fourth-order valence-corrected chi connectivity index (χ4v) is 4.94. The number of hydrogen-bond donors (Lipinski definition) is 0. The van der Waals surface area contributed by atoms with Gasteiger partial charge in [0.15, 0.2) is 5.16 Å². The zero-order valence-corrected chi connectivity index (χ0v) is 18.8. The molecule has 0 aliphatic carbocycles. The van der Waals surface area contributed by atoms with Gasteiger partial charge < -0.3 is 4.90 Å². The molecule has 0 fully saturated rings. The lowest BCUT2D eigenvalue weighted by molar-refractivity contribution is -0.117. The van der Waals surface area contributed by atoms with Crippen LogP contribution in [0.15, 0.2) is 52.4 Å². The highest BCUT2D eigenvalue weighted by Gasteiger charge is 2.29. The number of carbonyl (C=O) groups excluding carboxylic acids is 1. The van der Waals surface area contributed by atoms with E-state index in [2.05, 4.69) is 19.9 Å². The zero-order chi connectivity index (χ0) is 21.4. The Morgan fingerprint density at radius 3 is 2.73 bits per heavy atom. The molecule has 0 unspecified atom stereocenters. The Morgan fingerprint density at radius 1 is 1.20 bits per heavy atom. The van der Waals surface area contributed by atoms with Gasteiger partial charge in [-0.05, 0) is 49.1 Å². The second-order valence-electron chi connectivity index (χ2n) is 7.99. The predicted octanol–water partition coefficient (Wildman–Crippen LogP) is 4.78. The molecule has 1 aliphatic rings. The Labute approximate surface area is 185 Å². The molecule has 0 bridgehead atoms. The van der Waals surface area contributed by atoms with E-state index in [-0.39, 0.29) is 22.6 Å². The summed E-state index contributed by atoms with van der Waals surface area (Å²) in [5.74, 6) is 0.295. The highest BCUT2D eigenvalue weighted by atomic mass is 35.5. The predicted molar refractivity (Wildman–Crippen MR) is 124 cm³/mol. The van der Waals surface area contributed by atoms with Gasteiger partial charge in [-0.1, -0.05) is 55.4 Å². The number of anilines is 1. The highest BCUT2D eigenvalue weighted by Crippen LogP contribution is 2.31. The molecule has 30 heavy (non-hydrogen) atoms. The van der Waals surface area contributed by atoms with Gasteiger partial charge in [0.2, 0.25) is 5.91 Å². The Bertz CT molecular complexity index is 1170. The van der Waals surface area contributed by atoms with Crippen molar-refractivity contribution in [3.63, 3.8) is 0 Å². The van der Waals surface area contributed by atoms with Crippen molar-refractivity contribution in [3.8, 4) is 0 Å². The molecule has 156 valence electrons. The van der Waals surface area contributed by atoms with Crippen LogP contribution in [0.5, 0.6) is 0 Å². The van der Waals surface area contributed by atoms with Gasteiger partial charge in [0.05, 0.1) is 16.2 Å². The molecule has 0 radical (unpaired) electrons. The Hall–Kier alpha value is -2.31. The first-order chi connectivity index (χ1) is 14.3. The van der Waals surface area contributed by atoms with Gasteiger partial charge in [-0.25, -0.2) is 4.98 Å². The Morgan fingerprint density at radius 2 is 1.97 bits per heavy atom. The van der Waals surface area contributed by atoms with Crippen LogP contribution in [-0.2, 0) is 17.8 Å². The van der Waals surface area contributed by atoms with E-state index in [0.717, 1.165) is 12.1 Å². The molecule has 4 rings (SSSR count). The molecule has 1 aromatic heterocycles. The number of rotatable bonds is 5. The number of hydrogen-bond acceptors (Lipinski definition) is 4. The van der Waals surface area contributed by atoms with Crippen molar-refractivity contribution in [2.45, 2.75) is 44.1 Å². The lowest BCUT2D eigenvalue weighted by atomic mass is 10.2. The monoisotopic (exact) mass is 441 g/mol. The third-order valence-electron chi connectivity index (χ3n) is 5.21. The maximum Gasteiger partial charge on any atom is 0.262 e. The standard InChI is InChI=1S/C23H24ClN3O2S/c1-14(2)13-27-22(29)18-12-17(24)8-9-19(18)25-23(27)30-15(3)21(28)26-11-10-16-6-4-5-7-20(16)26/h4-9,12,14-15H,10-11,13H2,1-3H3/t15-/m0/s1. The molecule has 2 aromatic carbocycles. The smallest absolute Gasteiger partial charge is 0.262 e. The van der Waals surface area contributed by atoms with Crippen molar-refractivity contribution in [3.05, 3.63) is 63.4 Å². The molecule has 0 saturated heterocycles. The van der Waals surface area contributed by atoms with Crippen LogP contribution < -0.4 is 10.5 Å². The van der Waals surface area contributed by atoms with E-state index in [1.54, 1.807) is 22.8 Å². The van der Waals surface area contributed by atoms with Gasteiger partial charge in [0, 0.05) is 23.8 Å². The van der Waals surface area contributed by atoms with Crippen LogP contribution in [0, 0.1) is 5.92 Å². The molecular formula is C23H24ClN3O2S. The molecule has 2 heterocycles. The van der Waals surface area contributed by atoms with E-state index in [1.807, 2.05) is 30.0 Å². The van der Waals surface area contributed by atoms with Gasteiger partial charge in [-0.3, -0.25) is 14.2 Å². The minimum absolute atomic E-state index is 0.0338.